The van der Waals surface area contributed by atoms with Gasteiger partial charge < -0.3 is 14.6 Å². The first kappa shape index (κ1) is 20.3. The molecule has 6 nitrogen and oxygen atoms in total. The molecule has 158 valence electrons. The van der Waals surface area contributed by atoms with Crippen LogP contribution in [0.5, 0.6) is 0 Å². The highest BCUT2D eigenvalue weighted by molar-refractivity contribution is 5.94. The number of aryl methyl sites for hydroxylation is 1. The molecule has 8 heteroatoms. The summed E-state index contributed by atoms with van der Waals surface area (Å²) in [6.07, 6.45) is 3.78. The molecule has 1 N–H and O–H groups in total. The largest absolute Gasteiger partial charge is 0.467 e. The number of aromatic nitrogens is 2. The van der Waals surface area contributed by atoms with Gasteiger partial charge in [0.1, 0.15) is 17.4 Å². The lowest BCUT2D eigenvalue weighted by molar-refractivity contribution is 0.0767. The molecule has 0 saturated carbocycles. The van der Waals surface area contributed by atoms with E-state index < -0.39 is 11.6 Å². The number of furan rings is 1. The fourth-order valence-electron chi connectivity index (χ4n) is 3.96. The van der Waals surface area contributed by atoms with E-state index in [1.807, 2.05) is 13.1 Å². The first-order chi connectivity index (χ1) is 14.4. The van der Waals surface area contributed by atoms with Gasteiger partial charge in [0.2, 0.25) is 0 Å². The summed E-state index contributed by atoms with van der Waals surface area (Å²) in [5.41, 5.74) is 2.68. The van der Waals surface area contributed by atoms with Crippen LogP contribution in [0.2, 0.25) is 0 Å². The molecular weight excluding hydrogens is 390 g/mol. The zero-order valence-electron chi connectivity index (χ0n) is 17.0. The zero-order chi connectivity index (χ0) is 21.3. The Morgan fingerprint density at radius 1 is 1.37 bits per heavy atom. The van der Waals surface area contributed by atoms with Gasteiger partial charge in [0.05, 0.1) is 12.8 Å². The van der Waals surface area contributed by atoms with Crippen LogP contribution in [0.3, 0.4) is 0 Å². The fraction of sp³-hybridized carbons (Fsp3) is 0.364. The molecule has 2 aromatic heterocycles. The zero-order valence-corrected chi connectivity index (χ0v) is 17.0. The van der Waals surface area contributed by atoms with E-state index in [0.717, 1.165) is 36.2 Å². The highest BCUT2D eigenvalue weighted by atomic mass is 19.1. The first-order valence-electron chi connectivity index (χ1n) is 9.92. The lowest BCUT2D eigenvalue weighted by Crippen LogP contribution is -2.35. The number of halogens is 2. The Morgan fingerprint density at radius 3 is 2.97 bits per heavy atom. The molecule has 0 aliphatic heterocycles. The molecule has 1 aliphatic rings. The maximum absolute atomic E-state index is 13.9. The van der Waals surface area contributed by atoms with Crippen LogP contribution < -0.4 is 5.32 Å². The third-order valence-electron chi connectivity index (χ3n) is 5.57. The Bertz CT molecular complexity index is 1050. The molecule has 1 amide bonds. The SMILES string of the molecule is CN(Cc1ccco1)C(=O)c1nn(C)c2c1C[C@@H](NCc1cc(F)ccc1F)CC2. The third kappa shape index (κ3) is 4.14. The number of fused-ring (bicyclic) bond motifs is 1. The van der Waals surface area contributed by atoms with Gasteiger partial charge in [0.25, 0.3) is 5.91 Å². The molecule has 4 rings (SSSR count). The van der Waals surface area contributed by atoms with Crippen molar-refractivity contribution in [2.24, 2.45) is 7.05 Å². The number of nitrogens with zero attached hydrogens (tertiary/aromatic N) is 3. The predicted molar refractivity (Wildman–Crippen MR) is 107 cm³/mol. The highest BCUT2D eigenvalue weighted by Crippen LogP contribution is 2.26. The van der Waals surface area contributed by atoms with Crippen LogP contribution in [0.25, 0.3) is 0 Å². The molecular formula is C22H24F2N4O2. The third-order valence-corrected chi connectivity index (χ3v) is 5.57. The molecule has 3 aromatic rings. The average molecular weight is 414 g/mol. The number of hydrogen-bond donors (Lipinski definition) is 1. The minimum atomic E-state index is -0.459. The van der Waals surface area contributed by atoms with E-state index in [-0.39, 0.29) is 18.5 Å². The van der Waals surface area contributed by atoms with Crippen molar-refractivity contribution in [2.45, 2.75) is 38.4 Å². The van der Waals surface area contributed by atoms with Gasteiger partial charge in [-0.3, -0.25) is 9.48 Å². The smallest absolute Gasteiger partial charge is 0.274 e. The Kier molecular flexibility index (Phi) is 5.67. The highest BCUT2D eigenvalue weighted by Gasteiger charge is 2.29. The number of nitrogens with one attached hydrogen (secondary N) is 1. The van der Waals surface area contributed by atoms with Crippen molar-refractivity contribution in [1.29, 1.82) is 0 Å². The van der Waals surface area contributed by atoms with Crippen molar-refractivity contribution in [3.63, 3.8) is 0 Å². The molecule has 1 atom stereocenters. The molecule has 30 heavy (non-hydrogen) atoms. The Balaban J connectivity index is 1.47. The number of amides is 1. The van der Waals surface area contributed by atoms with Crippen LogP contribution in [-0.2, 0) is 33.0 Å². The molecule has 0 spiro atoms. The van der Waals surface area contributed by atoms with Gasteiger partial charge in [-0.1, -0.05) is 0 Å². The van der Waals surface area contributed by atoms with Crippen molar-refractivity contribution in [3.05, 3.63) is 76.5 Å². The van der Waals surface area contributed by atoms with Gasteiger partial charge in [-0.05, 0) is 49.6 Å². The predicted octanol–water partition coefficient (Wildman–Crippen LogP) is 3.21. The maximum atomic E-state index is 13.9. The minimum Gasteiger partial charge on any atom is -0.467 e. The second-order valence-electron chi connectivity index (χ2n) is 7.69. The van der Waals surface area contributed by atoms with Crippen LogP contribution in [0, 0.1) is 11.6 Å². The van der Waals surface area contributed by atoms with E-state index in [1.54, 1.807) is 29.0 Å². The van der Waals surface area contributed by atoms with Gasteiger partial charge in [-0.25, -0.2) is 8.78 Å². The molecule has 2 heterocycles. The number of benzene rings is 1. The molecule has 0 unspecified atom stereocenters. The topological polar surface area (TPSA) is 63.3 Å². The monoisotopic (exact) mass is 414 g/mol. The second-order valence-corrected chi connectivity index (χ2v) is 7.69. The number of carbonyl (C=O) groups excluding carboxylic acids is 1. The number of carbonyl (C=O) groups is 1. The standard InChI is InChI=1S/C22H24F2N4O2/c1-27(13-17-4-3-9-30-17)22(29)21-18-11-16(6-8-20(18)28(2)26-21)25-12-14-10-15(23)5-7-19(14)24/h3-5,7,9-10,16,25H,6,8,11-13H2,1-2H3/t16-/m0/s1. The van der Waals surface area contributed by atoms with Gasteiger partial charge in [-0.15, -0.1) is 0 Å². The van der Waals surface area contributed by atoms with E-state index in [4.69, 9.17) is 4.42 Å². The normalized spacial score (nSPS) is 15.8. The Hall–Kier alpha value is -3.00. The van der Waals surface area contributed by atoms with Gasteiger partial charge in [0, 0.05) is 43.5 Å². The Labute approximate surface area is 173 Å². The van der Waals surface area contributed by atoms with Crippen LogP contribution >= 0.6 is 0 Å². The summed E-state index contributed by atoms with van der Waals surface area (Å²) in [5.74, 6) is -0.358. The summed E-state index contributed by atoms with van der Waals surface area (Å²) in [7, 11) is 3.56. The summed E-state index contributed by atoms with van der Waals surface area (Å²) >= 11 is 0. The quantitative estimate of drug-likeness (QED) is 0.673. The number of rotatable bonds is 6. The second kappa shape index (κ2) is 8.39. The summed E-state index contributed by atoms with van der Waals surface area (Å²) in [5, 5.41) is 7.78. The van der Waals surface area contributed by atoms with Crippen LogP contribution in [0.15, 0.2) is 41.0 Å². The van der Waals surface area contributed by atoms with Crippen molar-refractivity contribution < 1.29 is 18.0 Å². The van der Waals surface area contributed by atoms with Gasteiger partial charge >= 0.3 is 0 Å². The van der Waals surface area contributed by atoms with E-state index in [2.05, 4.69) is 10.4 Å². The van der Waals surface area contributed by atoms with Crippen molar-refractivity contribution in [3.8, 4) is 0 Å². The van der Waals surface area contributed by atoms with E-state index >= 15 is 0 Å². The molecule has 1 aliphatic carbocycles. The molecule has 1 aromatic carbocycles. The van der Waals surface area contributed by atoms with Crippen molar-refractivity contribution in [1.82, 2.24) is 20.0 Å². The molecule has 0 fully saturated rings. The lowest BCUT2D eigenvalue weighted by Gasteiger charge is -2.25. The van der Waals surface area contributed by atoms with Crippen molar-refractivity contribution >= 4 is 5.91 Å². The number of hydrogen-bond acceptors (Lipinski definition) is 4. The van der Waals surface area contributed by atoms with Gasteiger partial charge in [-0.2, -0.15) is 5.10 Å². The van der Waals surface area contributed by atoms with Crippen LogP contribution in [-0.4, -0.2) is 33.7 Å². The fourth-order valence-corrected chi connectivity index (χ4v) is 3.96. The van der Waals surface area contributed by atoms with Crippen molar-refractivity contribution in [2.75, 3.05) is 7.05 Å². The first-order valence-corrected chi connectivity index (χ1v) is 9.92. The van der Waals surface area contributed by atoms with Gasteiger partial charge in [0.15, 0.2) is 5.69 Å². The van der Waals surface area contributed by atoms with E-state index in [9.17, 15) is 13.6 Å². The maximum Gasteiger partial charge on any atom is 0.274 e. The average Bonchev–Trinajstić information content (AvgIpc) is 3.36. The summed E-state index contributed by atoms with van der Waals surface area (Å²) in [6, 6.07) is 7.11. The molecule has 0 radical (unpaired) electrons. The minimum absolute atomic E-state index is 0.0475. The van der Waals surface area contributed by atoms with E-state index in [0.29, 0.717) is 30.0 Å². The summed E-state index contributed by atoms with van der Waals surface area (Å²) in [6.45, 7) is 0.587. The molecule has 0 saturated heterocycles. The van der Waals surface area contributed by atoms with Crippen LogP contribution in [0.4, 0.5) is 8.78 Å². The molecule has 0 bridgehead atoms. The summed E-state index contributed by atoms with van der Waals surface area (Å²) < 4.78 is 34.4. The summed E-state index contributed by atoms with van der Waals surface area (Å²) in [4.78, 5) is 14.6. The lowest BCUT2D eigenvalue weighted by atomic mass is 9.91. The Morgan fingerprint density at radius 2 is 2.20 bits per heavy atom. The van der Waals surface area contributed by atoms with Crippen LogP contribution in [0.1, 0.15) is 39.5 Å². The van der Waals surface area contributed by atoms with E-state index in [1.165, 1.54) is 6.07 Å².